The largest absolute Gasteiger partial charge is 0.391 e. The standard InChI is InChI=1S/C15H23F3N2S/c1-13(2,3)11-9-21-12(20-11)14(19-4)7-5-10(6-8-14)15(16,17)18/h9-10,19H,5-8H2,1-4H3. The summed E-state index contributed by atoms with van der Waals surface area (Å²) in [6.07, 6.45) is -2.74. The fourth-order valence-electron chi connectivity index (χ4n) is 2.85. The predicted octanol–water partition coefficient (Wildman–Crippen LogP) is 4.61. The minimum Gasteiger partial charge on any atom is -0.308 e. The van der Waals surface area contributed by atoms with Crippen molar-refractivity contribution in [3.05, 3.63) is 16.1 Å². The molecular formula is C15H23F3N2S. The van der Waals surface area contributed by atoms with Gasteiger partial charge >= 0.3 is 6.18 Å². The van der Waals surface area contributed by atoms with E-state index in [-0.39, 0.29) is 18.3 Å². The lowest BCUT2D eigenvalue weighted by molar-refractivity contribution is -0.185. The molecule has 21 heavy (non-hydrogen) atoms. The van der Waals surface area contributed by atoms with Crippen LogP contribution in [-0.2, 0) is 11.0 Å². The Morgan fingerprint density at radius 2 is 1.81 bits per heavy atom. The van der Waals surface area contributed by atoms with Crippen LogP contribution in [0.25, 0.3) is 0 Å². The van der Waals surface area contributed by atoms with Crippen molar-refractivity contribution in [2.45, 2.75) is 63.6 Å². The number of alkyl halides is 3. The van der Waals surface area contributed by atoms with Crippen molar-refractivity contribution in [2.24, 2.45) is 5.92 Å². The van der Waals surface area contributed by atoms with Crippen LogP contribution in [0.5, 0.6) is 0 Å². The van der Waals surface area contributed by atoms with Crippen molar-refractivity contribution in [2.75, 3.05) is 7.05 Å². The van der Waals surface area contributed by atoms with Crippen LogP contribution in [0.2, 0.25) is 0 Å². The van der Waals surface area contributed by atoms with E-state index in [2.05, 4.69) is 26.1 Å². The third-order valence-electron chi connectivity index (χ3n) is 4.46. The van der Waals surface area contributed by atoms with Gasteiger partial charge in [0.1, 0.15) is 5.01 Å². The van der Waals surface area contributed by atoms with Gasteiger partial charge in [-0.1, -0.05) is 20.8 Å². The molecule has 0 bridgehead atoms. The number of rotatable bonds is 2. The van der Waals surface area contributed by atoms with Crippen LogP contribution in [0.4, 0.5) is 13.2 Å². The average molecular weight is 320 g/mol. The monoisotopic (exact) mass is 320 g/mol. The van der Waals surface area contributed by atoms with E-state index in [0.29, 0.717) is 12.8 Å². The quantitative estimate of drug-likeness (QED) is 0.861. The van der Waals surface area contributed by atoms with Gasteiger partial charge < -0.3 is 5.32 Å². The Morgan fingerprint density at radius 3 is 2.19 bits per heavy atom. The topological polar surface area (TPSA) is 24.9 Å². The summed E-state index contributed by atoms with van der Waals surface area (Å²) in [5.41, 5.74) is 0.582. The number of hydrogen-bond acceptors (Lipinski definition) is 3. The maximum Gasteiger partial charge on any atom is 0.391 e. The lowest BCUT2D eigenvalue weighted by atomic mass is 9.76. The van der Waals surface area contributed by atoms with Gasteiger partial charge in [0, 0.05) is 10.8 Å². The fraction of sp³-hybridized carbons (Fsp3) is 0.800. The van der Waals surface area contributed by atoms with Crippen LogP contribution in [-0.4, -0.2) is 18.2 Å². The summed E-state index contributed by atoms with van der Waals surface area (Å²) in [6.45, 7) is 6.29. The van der Waals surface area contributed by atoms with Gasteiger partial charge in [-0.3, -0.25) is 0 Å². The van der Waals surface area contributed by atoms with E-state index in [9.17, 15) is 13.2 Å². The van der Waals surface area contributed by atoms with Crippen LogP contribution in [0.15, 0.2) is 5.38 Å². The average Bonchev–Trinajstić information content (AvgIpc) is 2.87. The van der Waals surface area contributed by atoms with Crippen molar-refractivity contribution in [3.8, 4) is 0 Å². The van der Waals surface area contributed by atoms with Gasteiger partial charge in [0.25, 0.3) is 0 Å². The second-order valence-corrected chi connectivity index (χ2v) is 7.79. The first kappa shape index (κ1) is 16.7. The lowest BCUT2D eigenvalue weighted by Gasteiger charge is -2.39. The lowest BCUT2D eigenvalue weighted by Crippen LogP contribution is -2.45. The first-order valence-corrected chi connectivity index (χ1v) is 8.18. The molecule has 120 valence electrons. The van der Waals surface area contributed by atoms with Crippen LogP contribution < -0.4 is 5.32 Å². The first-order valence-electron chi connectivity index (χ1n) is 7.30. The Hall–Kier alpha value is -0.620. The molecule has 1 aromatic rings. The summed E-state index contributed by atoms with van der Waals surface area (Å²) in [7, 11) is 1.83. The van der Waals surface area contributed by atoms with E-state index in [1.165, 1.54) is 0 Å². The van der Waals surface area contributed by atoms with E-state index in [4.69, 9.17) is 4.98 Å². The molecule has 0 saturated heterocycles. The smallest absolute Gasteiger partial charge is 0.308 e. The third kappa shape index (κ3) is 3.42. The molecule has 0 amide bonds. The molecule has 0 spiro atoms. The van der Waals surface area contributed by atoms with Crippen LogP contribution in [0.3, 0.4) is 0 Å². The highest BCUT2D eigenvalue weighted by Gasteiger charge is 2.47. The Kier molecular flexibility index (Phi) is 4.42. The molecule has 1 N–H and O–H groups in total. The van der Waals surface area contributed by atoms with Gasteiger partial charge in [0.15, 0.2) is 0 Å². The molecule has 1 aliphatic carbocycles. The molecule has 0 aromatic carbocycles. The predicted molar refractivity (Wildman–Crippen MR) is 79.6 cm³/mol. The van der Waals surface area contributed by atoms with Gasteiger partial charge in [-0.05, 0) is 32.7 Å². The SMILES string of the molecule is CNC1(c2nc(C(C)(C)C)cs2)CCC(C(F)(F)F)CC1. The van der Waals surface area contributed by atoms with Crippen LogP contribution in [0, 0.1) is 5.92 Å². The van der Waals surface area contributed by atoms with E-state index in [0.717, 1.165) is 10.7 Å². The fourth-order valence-corrected chi connectivity index (χ4v) is 4.16. The summed E-state index contributed by atoms with van der Waals surface area (Å²) in [6, 6.07) is 0. The van der Waals surface area contributed by atoms with Gasteiger partial charge in [-0.15, -0.1) is 11.3 Å². The van der Waals surface area contributed by atoms with Crippen molar-refractivity contribution in [3.63, 3.8) is 0 Å². The molecule has 0 radical (unpaired) electrons. The molecule has 2 rings (SSSR count). The first-order chi connectivity index (χ1) is 9.58. The van der Waals surface area contributed by atoms with Crippen molar-refractivity contribution >= 4 is 11.3 Å². The van der Waals surface area contributed by atoms with Crippen molar-refractivity contribution in [1.82, 2.24) is 10.3 Å². The van der Waals surface area contributed by atoms with E-state index in [1.807, 2.05) is 12.4 Å². The Bertz CT molecular complexity index is 480. The van der Waals surface area contributed by atoms with E-state index in [1.54, 1.807) is 11.3 Å². The normalized spacial score (nSPS) is 27.9. The molecule has 0 atom stereocenters. The van der Waals surface area contributed by atoms with Gasteiger partial charge in [-0.25, -0.2) is 4.98 Å². The molecule has 1 aromatic heterocycles. The highest BCUT2D eigenvalue weighted by molar-refractivity contribution is 7.09. The van der Waals surface area contributed by atoms with Crippen LogP contribution in [0.1, 0.15) is 57.2 Å². The zero-order chi connectivity index (χ0) is 15.9. The zero-order valence-electron chi connectivity index (χ0n) is 13.0. The molecule has 1 saturated carbocycles. The maximum atomic E-state index is 12.8. The summed E-state index contributed by atoms with van der Waals surface area (Å²) >= 11 is 1.56. The zero-order valence-corrected chi connectivity index (χ0v) is 13.8. The molecule has 2 nitrogen and oxygen atoms in total. The Balaban J connectivity index is 2.19. The highest BCUT2D eigenvalue weighted by atomic mass is 32.1. The number of thiazole rings is 1. The molecular weight excluding hydrogens is 297 g/mol. The second-order valence-electron chi connectivity index (χ2n) is 6.94. The van der Waals surface area contributed by atoms with Crippen LogP contribution >= 0.6 is 11.3 Å². The number of aromatic nitrogens is 1. The number of halogens is 3. The Labute approximate surface area is 128 Å². The molecule has 1 aliphatic rings. The highest BCUT2D eigenvalue weighted by Crippen LogP contribution is 2.46. The summed E-state index contributed by atoms with van der Waals surface area (Å²) in [5.74, 6) is -1.17. The van der Waals surface area contributed by atoms with Crippen molar-refractivity contribution < 1.29 is 13.2 Å². The second kappa shape index (κ2) is 5.54. The molecule has 0 aliphatic heterocycles. The van der Waals surface area contributed by atoms with Gasteiger partial charge in [0.05, 0.1) is 17.2 Å². The maximum absolute atomic E-state index is 12.8. The minimum absolute atomic E-state index is 0.0349. The summed E-state index contributed by atoms with van der Waals surface area (Å²) in [4.78, 5) is 4.71. The number of nitrogens with one attached hydrogen (secondary N) is 1. The number of hydrogen-bond donors (Lipinski definition) is 1. The minimum atomic E-state index is -4.07. The summed E-state index contributed by atoms with van der Waals surface area (Å²) < 4.78 is 38.5. The summed E-state index contributed by atoms with van der Waals surface area (Å²) in [5, 5.41) is 6.21. The van der Waals surface area contributed by atoms with Gasteiger partial charge in [0.2, 0.25) is 0 Å². The van der Waals surface area contributed by atoms with Gasteiger partial charge in [-0.2, -0.15) is 13.2 Å². The van der Waals surface area contributed by atoms with E-state index >= 15 is 0 Å². The van der Waals surface area contributed by atoms with Crippen molar-refractivity contribution in [1.29, 1.82) is 0 Å². The molecule has 1 heterocycles. The third-order valence-corrected chi connectivity index (χ3v) is 5.51. The Morgan fingerprint density at radius 1 is 1.24 bits per heavy atom. The molecule has 1 fully saturated rings. The number of nitrogens with zero attached hydrogens (tertiary/aromatic N) is 1. The molecule has 0 unspecified atom stereocenters. The molecule has 6 heteroatoms. The van der Waals surface area contributed by atoms with E-state index < -0.39 is 17.6 Å².